The average Bonchev–Trinajstić information content (AvgIpc) is 3.22. The highest BCUT2D eigenvalue weighted by atomic mass is 16.2. The van der Waals surface area contributed by atoms with Crippen LogP contribution < -0.4 is 0 Å². The molecular weight excluding hydrogens is 294 g/mol. The van der Waals surface area contributed by atoms with Crippen molar-refractivity contribution in [1.82, 2.24) is 35.1 Å². The Bertz CT molecular complexity index is 866. The van der Waals surface area contributed by atoms with Crippen LogP contribution in [0, 0.1) is 6.92 Å². The van der Waals surface area contributed by atoms with Crippen molar-refractivity contribution in [2.24, 2.45) is 0 Å². The fourth-order valence-corrected chi connectivity index (χ4v) is 2.81. The lowest BCUT2D eigenvalue weighted by Gasteiger charge is -2.26. The quantitative estimate of drug-likeness (QED) is 0.759. The molecule has 0 fully saturated rings. The zero-order valence-corrected chi connectivity index (χ0v) is 12.6. The van der Waals surface area contributed by atoms with Crippen molar-refractivity contribution in [3.05, 3.63) is 53.4 Å². The number of nitrogens with zero attached hydrogens (tertiary/aromatic N) is 6. The maximum absolute atomic E-state index is 12.8. The molecule has 116 valence electrons. The Morgan fingerprint density at radius 3 is 3.09 bits per heavy atom. The van der Waals surface area contributed by atoms with Gasteiger partial charge in [-0.3, -0.25) is 4.79 Å². The van der Waals surface area contributed by atoms with Crippen molar-refractivity contribution in [2.45, 2.75) is 19.9 Å². The smallest absolute Gasteiger partial charge is 0.254 e. The first-order valence-corrected chi connectivity index (χ1v) is 7.38. The van der Waals surface area contributed by atoms with E-state index in [9.17, 15) is 4.79 Å². The van der Waals surface area contributed by atoms with Crippen LogP contribution >= 0.6 is 0 Å². The third kappa shape index (κ3) is 2.37. The monoisotopic (exact) mass is 309 g/mol. The highest BCUT2D eigenvalue weighted by Crippen LogP contribution is 2.19. The molecule has 8 nitrogen and oxygen atoms in total. The van der Waals surface area contributed by atoms with Crippen molar-refractivity contribution in [2.75, 3.05) is 6.54 Å². The highest BCUT2D eigenvalue weighted by Gasteiger charge is 2.23. The molecule has 0 saturated carbocycles. The second-order valence-corrected chi connectivity index (χ2v) is 5.49. The Hall–Kier alpha value is -3.03. The molecule has 2 aromatic heterocycles. The summed E-state index contributed by atoms with van der Waals surface area (Å²) in [5.74, 6) is 0.674. The first-order valence-electron chi connectivity index (χ1n) is 7.38. The Morgan fingerprint density at radius 1 is 1.35 bits per heavy atom. The number of carbonyl (C=O) groups is 1. The van der Waals surface area contributed by atoms with Crippen LogP contribution in [0.25, 0.3) is 5.69 Å². The number of carbonyl (C=O) groups excluding carboxylic acids is 1. The van der Waals surface area contributed by atoms with E-state index in [-0.39, 0.29) is 5.91 Å². The molecule has 0 spiro atoms. The van der Waals surface area contributed by atoms with Gasteiger partial charge in [0.1, 0.15) is 0 Å². The minimum atomic E-state index is -0.00201. The normalized spacial score (nSPS) is 13.9. The predicted octanol–water partition coefficient (Wildman–Crippen LogP) is 0.892. The van der Waals surface area contributed by atoms with E-state index in [1.807, 2.05) is 36.1 Å². The number of nitrogens with one attached hydrogen (secondary N) is 1. The standard InChI is InChI=1S/C15H15N7O/c1-10-18-19-20-22(10)12-4-2-3-11(7-12)15(23)21-6-5-13-14(8-21)17-9-16-13/h2-4,7,9H,5-6,8H2,1H3,(H,16,17). The molecule has 23 heavy (non-hydrogen) atoms. The topological polar surface area (TPSA) is 92.6 Å². The fourth-order valence-electron chi connectivity index (χ4n) is 2.81. The molecule has 0 bridgehead atoms. The van der Waals surface area contributed by atoms with Crippen LogP contribution in [-0.4, -0.2) is 47.5 Å². The van der Waals surface area contributed by atoms with Crippen molar-refractivity contribution in [1.29, 1.82) is 0 Å². The highest BCUT2D eigenvalue weighted by molar-refractivity contribution is 5.94. The second kappa shape index (κ2) is 5.31. The third-order valence-electron chi connectivity index (χ3n) is 4.03. The number of hydrogen-bond acceptors (Lipinski definition) is 5. The van der Waals surface area contributed by atoms with Crippen LogP contribution in [0.4, 0.5) is 0 Å². The molecule has 3 heterocycles. The van der Waals surface area contributed by atoms with Gasteiger partial charge in [-0.05, 0) is 35.5 Å². The van der Waals surface area contributed by atoms with E-state index in [2.05, 4.69) is 25.5 Å². The van der Waals surface area contributed by atoms with Crippen LogP contribution in [0.1, 0.15) is 27.6 Å². The molecule has 1 N–H and O–H groups in total. The molecule has 1 aliphatic rings. The van der Waals surface area contributed by atoms with E-state index in [1.54, 1.807) is 11.0 Å². The van der Waals surface area contributed by atoms with Gasteiger partial charge in [0, 0.05) is 18.5 Å². The number of hydrogen-bond donors (Lipinski definition) is 1. The van der Waals surface area contributed by atoms with Crippen LogP contribution in [0.5, 0.6) is 0 Å². The lowest BCUT2D eigenvalue weighted by molar-refractivity contribution is 0.0732. The Balaban J connectivity index is 1.61. The first-order chi connectivity index (χ1) is 11.2. The fraction of sp³-hybridized carbons (Fsp3) is 0.267. The maximum atomic E-state index is 12.8. The number of aryl methyl sites for hydroxylation is 1. The maximum Gasteiger partial charge on any atom is 0.254 e. The first kappa shape index (κ1) is 13.6. The van der Waals surface area contributed by atoms with Gasteiger partial charge in [-0.1, -0.05) is 6.07 Å². The third-order valence-corrected chi connectivity index (χ3v) is 4.03. The number of aromatic amines is 1. The van der Waals surface area contributed by atoms with Crippen molar-refractivity contribution >= 4 is 5.91 Å². The molecule has 0 atom stereocenters. The summed E-state index contributed by atoms with van der Waals surface area (Å²) in [5.41, 5.74) is 3.46. The molecule has 1 aromatic carbocycles. The zero-order valence-electron chi connectivity index (χ0n) is 12.6. The summed E-state index contributed by atoms with van der Waals surface area (Å²) in [4.78, 5) is 22.0. The summed E-state index contributed by atoms with van der Waals surface area (Å²) < 4.78 is 1.61. The van der Waals surface area contributed by atoms with E-state index in [4.69, 9.17) is 0 Å². The van der Waals surface area contributed by atoms with E-state index < -0.39 is 0 Å². The van der Waals surface area contributed by atoms with Crippen molar-refractivity contribution in [3.63, 3.8) is 0 Å². The largest absolute Gasteiger partial charge is 0.347 e. The summed E-state index contributed by atoms with van der Waals surface area (Å²) in [5, 5.41) is 11.4. The lowest BCUT2D eigenvalue weighted by atomic mass is 10.1. The van der Waals surface area contributed by atoms with E-state index in [0.717, 1.165) is 23.5 Å². The number of aromatic nitrogens is 6. The molecule has 1 aliphatic heterocycles. The molecule has 0 aliphatic carbocycles. The number of H-pyrrole nitrogens is 1. The van der Waals surface area contributed by atoms with Gasteiger partial charge in [0.25, 0.3) is 5.91 Å². The summed E-state index contributed by atoms with van der Waals surface area (Å²) in [6.45, 7) is 3.05. The molecule has 0 unspecified atom stereocenters. The van der Waals surface area contributed by atoms with Gasteiger partial charge >= 0.3 is 0 Å². The van der Waals surface area contributed by atoms with Gasteiger partial charge in [-0.25, -0.2) is 4.98 Å². The zero-order chi connectivity index (χ0) is 15.8. The molecule has 8 heteroatoms. The molecule has 4 rings (SSSR count). The molecule has 0 saturated heterocycles. The van der Waals surface area contributed by atoms with Gasteiger partial charge in [0.05, 0.1) is 29.9 Å². The van der Waals surface area contributed by atoms with Gasteiger partial charge in [0.15, 0.2) is 5.82 Å². The summed E-state index contributed by atoms with van der Waals surface area (Å²) >= 11 is 0. The number of benzene rings is 1. The summed E-state index contributed by atoms with van der Waals surface area (Å²) in [7, 11) is 0. The number of rotatable bonds is 2. The summed E-state index contributed by atoms with van der Waals surface area (Å²) in [6.07, 6.45) is 2.45. The second-order valence-electron chi connectivity index (χ2n) is 5.49. The van der Waals surface area contributed by atoms with Gasteiger partial charge in [-0.2, -0.15) is 4.68 Å². The summed E-state index contributed by atoms with van der Waals surface area (Å²) in [6, 6.07) is 7.35. The van der Waals surface area contributed by atoms with Gasteiger partial charge < -0.3 is 9.88 Å². The van der Waals surface area contributed by atoms with Crippen LogP contribution in [-0.2, 0) is 13.0 Å². The Morgan fingerprint density at radius 2 is 2.26 bits per heavy atom. The van der Waals surface area contributed by atoms with Gasteiger partial charge in [-0.15, -0.1) is 5.10 Å². The average molecular weight is 309 g/mol. The molecule has 1 amide bonds. The minimum Gasteiger partial charge on any atom is -0.347 e. The SMILES string of the molecule is Cc1nnnn1-c1cccc(C(=O)N2CCc3nc[nH]c3C2)c1. The van der Waals surface area contributed by atoms with Gasteiger partial charge in [0.2, 0.25) is 0 Å². The molecular formula is C15H15N7O. The van der Waals surface area contributed by atoms with Crippen LogP contribution in [0.15, 0.2) is 30.6 Å². The van der Waals surface area contributed by atoms with E-state index in [0.29, 0.717) is 24.5 Å². The molecule has 0 radical (unpaired) electrons. The van der Waals surface area contributed by atoms with Crippen molar-refractivity contribution in [3.8, 4) is 5.69 Å². The Labute approximate surface area is 132 Å². The number of fused-ring (bicyclic) bond motifs is 1. The van der Waals surface area contributed by atoms with E-state index >= 15 is 0 Å². The number of imidazole rings is 1. The lowest BCUT2D eigenvalue weighted by Crippen LogP contribution is -2.36. The predicted molar refractivity (Wildman–Crippen MR) is 80.9 cm³/mol. The Kier molecular flexibility index (Phi) is 3.14. The van der Waals surface area contributed by atoms with Crippen molar-refractivity contribution < 1.29 is 4.79 Å². The number of tetrazole rings is 1. The minimum absolute atomic E-state index is 0.00201. The number of amides is 1. The van der Waals surface area contributed by atoms with E-state index in [1.165, 1.54) is 0 Å². The molecule has 3 aromatic rings. The van der Waals surface area contributed by atoms with Crippen LogP contribution in [0.2, 0.25) is 0 Å². The van der Waals surface area contributed by atoms with Crippen LogP contribution in [0.3, 0.4) is 0 Å².